The number of fused-ring (bicyclic) bond motifs is 1. The highest BCUT2D eigenvalue weighted by Gasteiger charge is 2.24. The van der Waals surface area contributed by atoms with Crippen LogP contribution in [0.5, 0.6) is 5.75 Å². The number of ether oxygens (including phenoxy) is 1. The van der Waals surface area contributed by atoms with Crippen LogP contribution < -0.4 is 15.4 Å². The van der Waals surface area contributed by atoms with Gasteiger partial charge in [0.05, 0.1) is 5.69 Å². The van der Waals surface area contributed by atoms with Crippen LogP contribution in [0.15, 0.2) is 48.2 Å². The number of carbonyl (C=O) groups is 2. The fraction of sp³-hybridized carbons (Fsp3) is 0.333. The minimum Gasteiger partial charge on any atom is -0.449 e. The molecule has 2 aliphatic rings. The third-order valence-corrected chi connectivity index (χ3v) is 5.91. The van der Waals surface area contributed by atoms with Crippen molar-refractivity contribution in [3.05, 3.63) is 64.4 Å². The first-order valence-electron chi connectivity index (χ1n) is 10.5. The van der Waals surface area contributed by atoms with Gasteiger partial charge in [0.2, 0.25) is 0 Å². The minimum atomic E-state index is -0.375. The molecule has 0 atom stereocenters. The molecule has 1 aliphatic heterocycles. The van der Waals surface area contributed by atoms with E-state index in [4.69, 9.17) is 16.3 Å². The van der Waals surface area contributed by atoms with Crippen molar-refractivity contribution >= 4 is 35.2 Å². The van der Waals surface area contributed by atoms with E-state index in [1.807, 2.05) is 18.2 Å². The van der Waals surface area contributed by atoms with E-state index >= 15 is 0 Å². The summed E-state index contributed by atoms with van der Waals surface area (Å²) in [5.74, 6) is 0.160. The average molecular weight is 425 g/mol. The first kappa shape index (κ1) is 20.5. The van der Waals surface area contributed by atoms with E-state index in [1.165, 1.54) is 19.3 Å². The lowest BCUT2D eigenvalue weighted by Gasteiger charge is -2.23. The van der Waals surface area contributed by atoms with Crippen molar-refractivity contribution in [1.82, 2.24) is 5.32 Å². The van der Waals surface area contributed by atoms with Gasteiger partial charge in [-0.1, -0.05) is 61.9 Å². The van der Waals surface area contributed by atoms with Crippen LogP contribution in [0.2, 0.25) is 5.02 Å². The van der Waals surface area contributed by atoms with E-state index in [0.717, 1.165) is 25.7 Å². The van der Waals surface area contributed by atoms with E-state index in [2.05, 4.69) is 10.6 Å². The van der Waals surface area contributed by atoms with Gasteiger partial charge in [-0.05, 0) is 48.7 Å². The second-order valence-electron chi connectivity index (χ2n) is 7.81. The number of hydrogen-bond acceptors (Lipinski definition) is 3. The molecule has 2 aromatic carbocycles. The summed E-state index contributed by atoms with van der Waals surface area (Å²) in [5.41, 5.74) is 1.70. The zero-order chi connectivity index (χ0) is 20.9. The van der Waals surface area contributed by atoms with Crippen LogP contribution in [0.1, 0.15) is 60.9 Å². The molecule has 2 amide bonds. The zero-order valence-electron chi connectivity index (χ0n) is 16.7. The van der Waals surface area contributed by atoms with Gasteiger partial charge in [-0.15, -0.1) is 0 Å². The molecule has 0 saturated heterocycles. The lowest BCUT2D eigenvalue weighted by atomic mass is 9.96. The van der Waals surface area contributed by atoms with Gasteiger partial charge in [-0.25, -0.2) is 0 Å². The number of halogens is 1. The first-order valence-corrected chi connectivity index (χ1v) is 10.9. The van der Waals surface area contributed by atoms with Gasteiger partial charge < -0.3 is 15.4 Å². The molecule has 0 spiro atoms. The molecule has 0 aromatic heterocycles. The van der Waals surface area contributed by atoms with Crippen LogP contribution in [0.4, 0.5) is 5.69 Å². The normalized spacial score (nSPS) is 18.6. The molecule has 156 valence electrons. The summed E-state index contributed by atoms with van der Waals surface area (Å²) >= 11 is 6.17. The largest absolute Gasteiger partial charge is 0.449 e. The summed E-state index contributed by atoms with van der Waals surface area (Å²) in [6.45, 7) is 0. The van der Waals surface area contributed by atoms with Crippen molar-refractivity contribution in [2.45, 2.75) is 51.0 Å². The highest BCUT2D eigenvalue weighted by atomic mass is 35.5. The number of benzene rings is 2. The predicted molar refractivity (Wildman–Crippen MR) is 119 cm³/mol. The Bertz CT molecular complexity index is 978. The molecule has 0 unspecified atom stereocenters. The first-order chi connectivity index (χ1) is 14.6. The van der Waals surface area contributed by atoms with E-state index in [1.54, 1.807) is 30.3 Å². The Morgan fingerprint density at radius 2 is 1.80 bits per heavy atom. The highest BCUT2D eigenvalue weighted by molar-refractivity contribution is 6.32. The quantitative estimate of drug-likeness (QED) is 0.634. The molecule has 2 N–H and O–H groups in total. The van der Waals surface area contributed by atoms with Crippen molar-refractivity contribution in [1.29, 1.82) is 0 Å². The maximum absolute atomic E-state index is 12.7. The molecule has 30 heavy (non-hydrogen) atoms. The second kappa shape index (κ2) is 9.35. The van der Waals surface area contributed by atoms with Crippen LogP contribution >= 0.6 is 11.6 Å². The van der Waals surface area contributed by atoms with E-state index in [9.17, 15) is 9.59 Å². The van der Waals surface area contributed by atoms with Crippen LogP contribution in [0.3, 0.4) is 0 Å². The summed E-state index contributed by atoms with van der Waals surface area (Å²) in [7, 11) is 0. The van der Waals surface area contributed by atoms with Crippen molar-refractivity contribution in [2.75, 3.05) is 5.32 Å². The number of hydrogen-bond donors (Lipinski definition) is 2. The molecule has 6 heteroatoms. The SMILES string of the molecule is O=C1Nc2cc(C(=O)NC3CCCCCCC3)ccc2OC1=Cc1ccccc1Cl. The fourth-order valence-electron chi connectivity index (χ4n) is 3.90. The van der Waals surface area contributed by atoms with Crippen molar-refractivity contribution < 1.29 is 14.3 Å². The third-order valence-electron chi connectivity index (χ3n) is 5.57. The molecule has 0 bridgehead atoms. The van der Waals surface area contributed by atoms with Crippen LogP contribution in [-0.2, 0) is 4.79 Å². The molecule has 5 nitrogen and oxygen atoms in total. The Labute approximate surface area is 181 Å². The van der Waals surface area contributed by atoms with Gasteiger partial charge in [-0.3, -0.25) is 9.59 Å². The van der Waals surface area contributed by atoms with Gasteiger partial charge in [0.1, 0.15) is 0 Å². The monoisotopic (exact) mass is 424 g/mol. The van der Waals surface area contributed by atoms with Gasteiger partial charge in [0.25, 0.3) is 11.8 Å². The Balaban J connectivity index is 1.48. The molecule has 1 heterocycles. The predicted octanol–water partition coefficient (Wildman–Crippen LogP) is 5.55. The van der Waals surface area contributed by atoms with Crippen molar-refractivity contribution in [2.24, 2.45) is 0 Å². The Morgan fingerprint density at radius 3 is 2.57 bits per heavy atom. The zero-order valence-corrected chi connectivity index (χ0v) is 17.5. The molecule has 0 radical (unpaired) electrons. The second-order valence-corrected chi connectivity index (χ2v) is 8.22. The van der Waals surface area contributed by atoms with Gasteiger partial charge >= 0.3 is 0 Å². The summed E-state index contributed by atoms with van der Waals surface area (Å²) in [5, 5.41) is 6.50. The number of carbonyl (C=O) groups excluding carboxylic acids is 2. The molecule has 1 fully saturated rings. The van der Waals surface area contributed by atoms with Gasteiger partial charge in [-0.2, -0.15) is 0 Å². The highest BCUT2D eigenvalue weighted by Crippen LogP contribution is 2.33. The van der Waals surface area contributed by atoms with Crippen LogP contribution in [-0.4, -0.2) is 17.9 Å². The lowest BCUT2D eigenvalue weighted by Crippen LogP contribution is -2.35. The summed E-state index contributed by atoms with van der Waals surface area (Å²) in [6.07, 6.45) is 9.71. The van der Waals surface area contributed by atoms with Crippen molar-refractivity contribution in [3.8, 4) is 5.75 Å². The van der Waals surface area contributed by atoms with Crippen LogP contribution in [0.25, 0.3) is 6.08 Å². The molecule has 4 rings (SSSR count). The van der Waals surface area contributed by atoms with E-state index in [0.29, 0.717) is 27.6 Å². The lowest BCUT2D eigenvalue weighted by molar-refractivity contribution is -0.115. The molecular weight excluding hydrogens is 400 g/mol. The van der Waals surface area contributed by atoms with E-state index in [-0.39, 0.29) is 23.6 Å². The number of rotatable bonds is 3. The average Bonchev–Trinajstić information content (AvgIpc) is 2.71. The fourth-order valence-corrected chi connectivity index (χ4v) is 4.09. The minimum absolute atomic E-state index is 0.116. The van der Waals surface area contributed by atoms with E-state index < -0.39 is 0 Å². The molecule has 1 saturated carbocycles. The maximum atomic E-state index is 12.7. The summed E-state index contributed by atoms with van der Waals surface area (Å²) in [4.78, 5) is 25.2. The molecule has 1 aliphatic carbocycles. The number of anilines is 1. The molecular formula is C24H25ClN2O3. The third kappa shape index (κ3) is 4.85. The van der Waals surface area contributed by atoms with Gasteiger partial charge in [0.15, 0.2) is 11.5 Å². The van der Waals surface area contributed by atoms with Crippen molar-refractivity contribution in [3.63, 3.8) is 0 Å². The molecule has 2 aromatic rings. The Morgan fingerprint density at radius 1 is 1.07 bits per heavy atom. The van der Waals surface area contributed by atoms with Gasteiger partial charge in [0, 0.05) is 16.6 Å². The maximum Gasteiger partial charge on any atom is 0.291 e. The Hall–Kier alpha value is -2.79. The van der Waals surface area contributed by atoms with Crippen LogP contribution in [0, 0.1) is 0 Å². The smallest absolute Gasteiger partial charge is 0.291 e. The Kier molecular flexibility index (Phi) is 6.38. The summed E-state index contributed by atoms with van der Waals surface area (Å²) in [6, 6.07) is 12.5. The topological polar surface area (TPSA) is 67.4 Å². The number of amides is 2. The number of nitrogens with one attached hydrogen (secondary N) is 2. The standard InChI is InChI=1S/C24H25ClN2O3/c25-19-11-7-6-8-16(19)15-22-24(29)27-20-14-17(12-13-21(20)30-22)23(28)26-18-9-4-2-1-3-5-10-18/h6-8,11-15,18H,1-5,9-10H2,(H,26,28)(H,27,29). The summed E-state index contributed by atoms with van der Waals surface area (Å²) < 4.78 is 5.78.